The Morgan fingerprint density at radius 2 is 1.72 bits per heavy atom. The third-order valence-electron chi connectivity index (χ3n) is 3.38. The molecular formula is C18H16Cl2N4O. The van der Waals surface area contributed by atoms with E-state index in [0.29, 0.717) is 28.4 Å². The van der Waals surface area contributed by atoms with Gasteiger partial charge >= 0.3 is 0 Å². The summed E-state index contributed by atoms with van der Waals surface area (Å²) in [5.41, 5.74) is 2.49. The summed E-state index contributed by atoms with van der Waals surface area (Å²) in [6.45, 7) is 0.360. The summed E-state index contributed by atoms with van der Waals surface area (Å²) < 4.78 is 0. The highest BCUT2D eigenvalue weighted by Crippen LogP contribution is 2.28. The largest absolute Gasteiger partial charge is 0.395 e. The molecule has 128 valence electrons. The molecule has 3 aromatic rings. The van der Waals surface area contributed by atoms with Crippen molar-refractivity contribution in [2.45, 2.75) is 0 Å². The van der Waals surface area contributed by atoms with Crippen LogP contribution in [0.25, 0.3) is 11.3 Å². The highest BCUT2D eigenvalue weighted by molar-refractivity contribution is 6.42. The molecule has 1 heterocycles. The standard InChI is InChI=1S/C18H16Cl2N4O/c19-14-7-6-13(10-15(14)20)22-17-11-16(12-4-2-1-3-5-12)23-18(24-17)21-8-9-25/h1-7,10-11,25H,8-9H2,(H2,21,22,23,24). The van der Waals surface area contributed by atoms with Gasteiger partial charge in [0.1, 0.15) is 5.82 Å². The van der Waals surface area contributed by atoms with E-state index < -0.39 is 0 Å². The molecule has 0 atom stereocenters. The average molecular weight is 375 g/mol. The predicted octanol–water partition coefficient (Wildman–Crippen LogP) is 4.60. The normalized spacial score (nSPS) is 10.5. The summed E-state index contributed by atoms with van der Waals surface area (Å²) in [6.07, 6.45) is 0. The number of aliphatic hydroxyl groups excluding tert-OH is 1. The van der Waals surface area contributed by atoms with Crippen molar-refractivity contribution in [3.8, 4) is 11.3 Å². The van der Waals surface area contributed by atoms with Crippen molar-refractivity contribution >= 4 is 40.7 Å². The van der Waals surface area contributed by atoms with Crippen LogP contribution in [-0.4, -0.2) is 28.2 Å². The Bertz CT molecular complexity index is 859. The van der Waals surface area contributed by atoms with Gasteiger partial charge in [0.15, 0.2) is 0 Å². The van der Waals surface area contributed by atoms with E-state index in [1.54, 1.807) is 12.1 Å². The van der Waals surface area contributed by atoms with Crippen LogP contribution in [-0.2, 0) is 0 Å². The number of aliphatic hydroxyl groups is 1. The number of rotatable bonds is 6. The summed E-state index contributed by atoms with van der Waals surface area (Å²) in [7, 11) is 0. The van der Waals surface area contributed by atoms with Crippen LogP contribution < -0.4 is 10.6 Å². The van der Waals surface area contributed by atoms with Gasteiger partial charge in [-0.05, 0) is 18.2 Å². The van der Waals surface area contributed by atoms with E-state index >= 15 is 0 Å². The zero-order chi connectivity index (χ0) is 17.6. The van der Waals surface area contributed by atoms with Crippen LogP contribution in [0, 0.1) is 0 Å². The van der Waals surface area contributed by atoms with Crippen molar-refractivity contribution in [1.82, 2.24) is 9.97 Å². The van der Waals surface area contributed by atoms with Crippen LogP contribution in [0.5, 0.6) is 0 Å². The molecule has 0 aliphatic carbocycles. The summed E-state index contributed by atoms with van der Waals surface area (Å²) in [6, 6.07) is 16.9. The summed E-state index contributed by atoms with van der Waals surface area (Å²) in [5, 5.41) is 16.2. The molecule has 0 bridgehead atoms. The molecule has 1 aromatic heterocycles. The molecule has 0 saturated carbocycles. The number of aromatic nitrogens is 2. The summed E-state index contributed by atoms with van der Waals surface area (Å²) >= 11 is 12.0. The van der Waals surface area contributed by atoms with Crippen molar-refractivity contribution in [3.05, 3.63) is 64.6 Å². The Morgan fingerprint density at radius 3 is 2.44 bits per heavy atom. The third kappa shape index (κ3) is 4.60. The van der Waals surface area contributed by atoms with Gasteiger partial charge in [0.05, 0.1) is 22.3 Å². The molecule has 0 spiro atoms. The highest BCUT2D eigenvalue weighted by atomic mass is 35.5. The SMILES string of the molecule is OCCNc1nc(Nc2ccc(Cl)c(Cl)c2)cc(-c2ccccc2)n1. The molecule has 0 fully saturated rings. The fourth-order valence-corrected chi connectivity index (χ4v) is 2.53. The van der Waals surface area contributed by atoms with Gasteiger partial charge in [0.25, 0.3) is 0 Å². The van der Waals surface area contributed by atoms with Crippen LogP contribution in [0.4, 0.5) is 17.5 Å². The Kier molecular flexibility index (Phi) is 5.71. The van der Waals surface area contributed by atoms with Gasteiger partial charge in [-0.3, -0.25) is 0 Å². The first-order valence-electron chi connectivity index (χ1n) is 7.67. The molecule has 7 heteroatoms. The van der Waals surface area contributed by atoms with E-state index in [1.807, 2.05) is 42.5 Å². The minimum absolute atomic E-state index is 0.00548. The smallest absolute Gasteiger partial charge is 0.225 e. The van der Waals surface area contributed by atoms with E-state index in [1.165, 1.54) is 0 Å². The van der Waals surface area contributed by atoms with Gasteiger partial charge in [0, 0.05) is 23.9 Å². The molecule has 3 N–H and O–H groups in total. The van der Waals surface area contributed by atoms with Crippen LogP contribution >= 0.6 is 23.2 Å². The zero-order valence-corrected chi connectivity index (χ0v) is 14.7. The van der Waals surface area contributed by atoms with E-state index in [-0.39, 0.29) is 6.61 Å². The van der Waals surface area contributed by atoms with Crippen LogP contribution in [0.1, 0.15) is 0 Å². The van der Waals surface area contributed by atoms with Gasteiger partial charge in [0.2, 0.25) is 5.95 Å². The fourth-order valence-electron chi connectivity index (χ4n) is 2.24. The van der Waals surface area contributed by atoms with Crippen molar-refractivity contribution in [2.75, 3.05) is 23.8 Å². The number of benzene rings is 2. The van der Waals surface area contributed by atoms with E-state index in [9.17, 15) is 0 Å². The van der Waals surface area contributed by atoms with Crippen molar-refractivity contribution in [3.63, 3.8) is 0 Å². The monoisotopic (exact) mass is 374 g/mol. The van der Waals surface area contributed by atoms with Gasteiger partial charge in [-0.25, -0.2) is 4.98 Å². The number of anilines is 3. The van der Waals surface area contributed by atoms with Gasteiger partial charge < -0.3 is 15.7 Å². The molecule has 0 unspecified atom stereocenters. The van der Waals surface area contributed by atoms with Gasteiger partial charge in [-0.15, -0.1) is 0 Å². The molecule has 0 aliphatic heterocycles. The molecule has 5 nitrogen and oxygen atoms in total. The van der Waals surface area contributed by atoms with Gasteiger partial charge in [-0.2, -0.15) is 4.98 Å². The first-order valence-corrected chi connectivity index (χ1v) is 8.42. The second-order valence-corrected chi connectivity index (χ2v) is 6.05. The summed E-state index contributed by atoms with van der Waals surface area (Å²) in [5.74, 6) is 1.03. The van der Waals surface area contributed by atoms with Crippen molar-refractivity contribution in [2.24, 2.45) is 0 Å². The lowest BCUT2D eigenvalue weighted by atomic mass is 10.1. The quantitative estimate of drug-likeness (QED) is 0.588. The van der Waals surface area contributed by atoms with Gasteiger partial charge in [-0.1, -0.05) is 53.5 Å². The maximum Gasteiger partial charge on any atom is 0.225 e. The maximum absolute atomic E-state index is 9.01. The van der Waals surface area contributed by atoms with Crippen LogP contribution in [0.2, 0.25) is 10.0 Å². The third-order valence-corrected chi connectivity index (χ3v) is 4.12. The Hall–Kier alpha value is -2.34. The summed E-state index contributed by atoms with van der Waals surface area (Å²) in [4.78, 5) is 8.92. The minimum Gasteiger partial charge on any atom is -0.395 e. The first-order chi connectivity index (χ1) is 12.2. The second-order valence-electron chi connectivity index (χ2n) is 5.23. The number of halogens is 2. The molecule has 3 rings (SSSR count). The number of nitrogens with one attached hydrogen (secondary N) is 2. The first kappa shape index (κ1) is 17.5. The molecule has 0 aliphatic rings. The Morgan fingerprint density at radius 1 is 0.920 bits per heavy atom. The molecule has 0 saturated heterocycles. The molecule has 2 aromatic carbocycles. The molecule has 25 heavy (non-hydrogen) atoms. The van der Waals surface area contributed by atoms with Crippen LogP contribution in [0.15, 0.2) is 54.6 Å². The topological polar surface area (TPSA) is 70.1 Å². The number of nitrogens with zero attached hydrogens (tertiary/aromatic N) is 2. The zero-order valence-electron chi connectivity index (χ0n) is 13.2. The lowest BCUT2D eigenvalue weighted by molar-refractivity contribution is 0.311. The lowest BCUT2D eigenvalue weighted by Gasteiger charge is -2.11. The predicted molar refractivity (Wildman–Crippen MR) is 103 cm³/mol. The molecule has 0 radical (unpaired) electrons. The maximum atomic E-state index is 9.01. The molecular weight excluding hydrogens is 359 g/mol. The van der Waals surface area contributed by atoms with E-state index in [4.69, 9.17) is 28.3 Å². The van der Waals surface area contributed by atoms with Crippen molar-refractivity contribution < 1.29 is 5.11 Å². The Labute approximate surface area is 155 Å². The van der Waals surface area contributed by atoms with Crippen LogP contribution in [0.3, 0.4) is 0 Å². The number of hydrogen-bond donors (Lipinski definition) is 3. The number of hydrogen-bond acceptors (Lipinski definition) is 5. The van der Waals surface area contributed by atoms with E-state index in [2.05, 4.69) is 20.6 Å². The van der Waals surface area contributed by atoms with E-state index in [0.717, 1.165) is 16.9 Å². The second kappa shape index (κ2) is 8.16. The lowest BCUT2D eigenvalue weighted by Crippen LogP contribution is -2.10. The van der Waals surface area contributed by atoms with Crippen molar-refractivity contribution in [1.29, 1.82) is 0 Å². The molecule has 0 amide bonds. The average Bonchev–Trinajstić information content (AvgIpc) is 2.63. The minimum atomic E-state index is -0.00548. The fraction of sp³-hybridized carbons (Fsp3) is 0.111. The highest BCUT2D eigenvalue weighted by Gasteiger charge is 2.08. The Balaban J connectivity index is 1.95.